The molecule has 1 atom stereocenters. The van der Waals surface area contributed by atoms with Gasteiger partial charge in [0.1, 0.15) is 17.1 Å². The molecule has 2 aliphatic heterocycles. The minimum absolute atomic E-state index is 0.152. The van der Waals surface area contributed by atoms with E-state index in [1.807, 2.05) is 48.1 Å². The van der Waals surface area contributed by atoms with Crippen molar-refractivity contribution in [3.63, 3.8) is 0 Å². The highest BCUT2D eigenvalue weighted by molar-refractivity contribution is 7.98. The van der Waals surface area contributed by atoms with E-state index in [1.54, 1.807) is 18.1 Å². The number of thioether (sulfide) groups is 1. The summed E-state index contributed by atoms with van der Waals surface area (Å²) in [5, 5.41) is 1.98. The number of rotatable bonds is 10. The van der Waals surface area contributed by atoms with Crippen molar-refractivity contribution in [2.24, 2.45) is 0 Å². The third kappa shape index (κ3) is 7.12. The first kappa shape index (κ1) is 27.6. The van der Waals surface area contributed by atoms with Gasteiger partial charge in [-0.1, -0.05) is 13.8 Å². The molecule has 0 bridgehead atoms. The fourth-order valence-electron chi connectivity index (χ4n) is 5.04. The van der Waals surface area contributed by atoms with E-state index in [9.17, 15) is 9.59 Å². The largest absolute Gasteiger partial charge is 0.474 e. The van der Waals surface area contributed by atoms with Crippen LogP contribution in [0.4, 0.5) is 0 Å². The standard InChI is InChI=1S/C27H40N6O3S/c1-4-6-24(34)31-12-10-30(11-13-31)19-26(33-16-14-32(15-17-33)25(35)7-5-2)36-21-8-9-22-23(18-21)28-20-29-27(22)37-3/h8-9,18,20,26H,4-7,10-17,19H2,1-3H3. The summed E-state index contributed by atoms with van der Waals surface area (Å²) in [5.41, 5.74) is 0.869. The van der Waals surface area contributed by atoms with Gasteiger partial charge in [-0.25, -0.2) is 9.97 Å². The Morgan fingerprint density at radius 1 is 0.919 bits per heavy atom. The molecular formula is C27H40N6O3S. The zero-order chi connectivity index (χ0) is 26.2. The first-order chi connectivity index (χ1) is 18.0. The summed E-state index contributed by atoms with van der Waals surface area (Å²) < 4.78 is 6.63. The lowest BCUT2D eigenvalue weighted by Gasteiger charge is -2.42. The number of carbonyl (C=O) groups is 2. The van der Waals surface area contributed by atoms with E-state index >= 15 is 0 Å². The topological polar surface area (TPSA) is 82.1 Å². The van der Waals surface area contributed by atoms with Gasteiger partial charge in [0, 0.05) is 83.2 Å². The number of amides is 2. The van der Waals surface area contributed by atoms with Crippen LogP contribution in [0.5, 0.6) is 5.75 Å². The van der Waals surface area contributed by atoms with Crippen LogP contribution in [0.1, 0.15) is 39.5 Å². The van der Waals surface area contributed by atoms with Gasteiger partial charge < -0.3 is 14.5 Å². The molecule has 2 saturated heterocycles. The molecule has 1 aromatic carbocycles. The molecule has 1 aromatic heterocycles. The summed E-state index contributed by atoms with van der Waals surface area (Å²) >= 11 is 1.61. The zero-order valence-electron chi connectivity index (χ0n) is 22.4. The van der Waals surface area contributed by atoms with Gasteiger partial charge >= 0.3 is 0 Å². The van der Waals surface area contributed by atoms with Crippen LogP contribution in [-0.4, -0.2) is 113 Å². The predicted octanol–water partition coefficient (Wildman–Crippen LogP) is 2.95. The van der Waals surface area contributed by atoms with Crippen molar-refractivity contribution < 1.29 is 14.3 Å². The highest BCUT2D eigenvalue weighted by Crippen LogP contribution is 2.27. The number of fused-ring (bicyclic) bond motifs is 1. The minimum Gasteiger partial charge on any atom is -0.474 e. The van der Waals surface area contributed by atoms with Gasteiger partial charge in [-0.15, -0.1) is 11.8 Å². The third-order valence-corrected chi connectivity index (χ3v) is 7.89. The van der Waals surface area contributed by atoms with Crippen molar-refractivity contribution in [3.05, 3.63) is 24.5 Å². The maximum absolute atomic E-state index is 12.4. The minimum atomic E-state index is -0.152. The SMILES string of the molecule is CCCC(=O)N1CCN(CC(Oc2ccc3c(SC)ncnc3c2)N2CCN(C(=O)CCC)CC2)CC1. The molecule has 3 heterocycles. The summed E-state index contributed by atoms with van der Waals surface area (Å²) in [6.45, 7) is 11.0. The van der Waals surface area contributed by atoms with Crippen LogP contribution in [-0.2, 0) is 9.59 Å². The molecule has 2 aromatic rings. The normalized spacial score (nSPS) is 18.2. The fourth-order valence-corrected chi connectivity index (χ4v) is 5.58. The number of benzene rings is 1. The number of ether oxygens (including phenoxy) is 1. The Balaban J connectivity index is 1.45. The van der Waals surface area contributed by atoms with Crippen LogP contribution in [0.2, 0.25) is 0 Å². The molecule has 0 saturated carbocycles. The van der Waals surface area contributed by atoms with Gasteiger partial charge in [0.15, 0.2) is 6.23 Å². The summed E-state index contributed by atoms with van der Waals surface area (Å²) in [7, 11) is 0. The van der Waals surface area contributed by atoms with Crippen molar-refractivity contribution in [2.75, 3.05) is 65.2 Å². The van der Waals surface area contributed by atoms with Crippen LogP contribution in [0.3, 0.4) is 0 Å². The van der Waals surface area contributed by atoms with E-state index < -0.39 is 0 Å². The summed E-state index contributed by atoms with van der Waals surface area (Å²) in [6, 6.07) is 6.03. The second-order valence-corrected chi connectivity index (χ2v) is 10.5. The number of aromatic nitrogens is 2. The smallest absolute Gasteiger partial charge is 0.222 e. The molecule has 0 N–H and O–H groups in total. The molecule has 2 fully saturated rings. The highest BCUT2D eigenvalue weighted by atomic mass is 32.2. The molecule has 1 unspecified atom stereocenters. The van der Waals surface area contributed by atoms with E-state index in [0.717, 1.165) is 93.4 Å². The average molecular weight is 529 g/mol. The quantitative estimate of drug-likeness (QED) is 0.344. The maximum Gasteiger partial charge on any atom is 0.222 e. The van der Waals surface area contributed by atoms with E-state index in [0.29, 0.717) is 12.8 Å². The molecule has 10 heteroatoms. The predicted molar refractivity (Wildman–Crippen MR) is 147 cm³/mol. The highest BCUT2D eigenvalue weighted by Gasteiger charge is 2.30. The van der Waals surface area contributed by atoms with E-state index in [-0.39, 0.29) is 18.0 Å². The Labute approximate surface area is 224 Å². The van der Waals surface area contributed by atoms with Crippen LogP contribution >= 0.6 is 11.8 Å². The molecule has 37 heavy (non-hydrogen) atoms. The Morgan fingerprint density at radius 3 is 2.14 bits per heavy atom. The molecular weight excluding hydrogens is 488 g/mol. The summed E-state index contributed by atoms with van der Waals surface area (Å²) in [6.07, 6.45) is 6.46. The Hall–Kier alpha value is -2.43. The monoisotopic (exact) mass is 528 g/mol. The van der Waals surface area contributed by atoms with Crippen molar-refractivity contribution in [3.8, 4) is 5.75 Å². The van der Waals surface area contributed by atoms with Gasteiger partial charge in [-0.05, 0) is 31.2 Å². The molecule has 4 rings (SSSR count). The second kappa shape index (κ2) is 13.4. The van der Waals surface area contributed by atoms with Gasteiger partial charge in [0.25, 0.3) is 0 Å². The van der Waals surface area contributed by atoms with Gasteiger partial charge in [0.2, 0.25) is 11.8 Å². The number of carbonyl (C=O) groups excluding carboxylic acids is 2. The lowest BCUT2D eigenvalue weighted by molar-refractivity contribution is -0.136. The lowest BCUT2D eigenvalue weighted by atomic mass is 10.2. The molecule has 202 valence electrons. The van der Waals surface area contributed by atoms with E-state index in [4.69, 9.17) is 4.74 Å². The Kier molecular flexibility index (Phi) is 9.99. The number of hydrogen-bond donors (Lipinski definition) is 0. The average Bonchev–Trinajstić information content (AvgIpc) is 2.93. The Bertz CT molecular complexity index is 1050. The van der Waals surface area contributed by atoms with Gasteiger partial charge in [-0.3, -0.25) is 19.4 Å². The van der Waals surface area contributed by atoms with E-state index in [1.165, 1.54) is 0 Å². The lowest BCUT2D eigenvalue weighted by Crippen LogP contribution is -2.58. The second-order valence-electron chi connectivity index (χ2n) is 9.73. The first-order valence-electron chi connectivity index (χ1n) is 13.5. The summed E-state index contributed by atoms with van der Waals surface area (Å²) in [4.78, 5) is 42.3. The van der Waals surface area contributed by atoms with Crippen LogP contribution in [0, 0.1) is 0 Å². The van der Waals surface area contributed by atoms with Crippen LogP contribution in [0.15, 0.2) is 29.6 Å². The van der Waals surface area contributed by atoms with Crippen LogP contribution < -0.4 is 4.74 Å². The Morgan fingerprint density at radius 2 is 1.54 bits per heavy atom. The van der Waals surface area contributed by atoms with Crippen molar-refractivity contribution in [1.82, 2.24) is 29.6 Å². The van der Waals surface area contributed by atoms with Crippen molar-refractivity contribution >= 4 is 34.5 Å². The van der Waals surface area contributed by atoms with Crippen LogP contribution in [0.25, 0.3) is 10.9 Å². The first-order valence-corrected chi connectivity index (χ1v) is 14.7. The molecule has 2 aliphatic rings. The molecule has 0 aliphatic carbocycles. The number of nitrogens with zero attached hydrogens (tertiary/aromatic N) is 6. The molecule has 2 amide bonds. The fraction of sp³-hybridized carbons (Fsp3) is 0.630. The van der Waals surface area contributed by atoms with Crippen molar-refractivity contribution in [2.45, 2.75) is 50.8 Å². The van der Waals surface area contributed by atoms with Crippen molar-refractivity contribution in [1.29, 1.82) is 0 Å². The number of hydrogen-bond acceptors (Lipinski definition) is 8. The summed E-state index contributed by atoms with van der Waals surface area (Å²) in [5.74, 6) is 1.28. The molecule has 0 radical (unpaired) electrons. The van der Waals surface area contributed by atoms with Gasteiger partial charge in [0.05, 0.1) is 5.52 Å². The maximum atomic E-state index is 12.4. The zero-order valence-corrected chi connectivity index (χ0v) is 23.2. The molecule has 0 spiro atoms. The van der Waals surface area contributed by atoms with E-state index in [2.05, 4.69) is 19.8 Å². The van der Waals surface area contributed by atoms with Gasteiger partial charge in [-0.2, -0.15) is 0 Å². The number of piperazine rings is 2. The molecule has 9 nitrogen and oxygen atoms in total. The third-order valence-electron chi connectivity index (χ3n) is 7.18.